The second kappa shape index (κ2) is 4.02. The van der Waals surface area contributed by atoms with Gasteiger partial charge in [0.15, 0.2) is 0 Å². The van der Waals surface area contributed by atoms with Crippen molar-refractivity contribution in [2.24, 2.45) is 5.73 Å². The average molecular weight is 214 g/mol. The molecule has 1 aromatic carbocycles. The largest absolute Gasteiger partial charge is 0.365 e. The number of amides is 1. The van der Waals surface area contributed by atoms with E-state index in [1.54, 1.807) is 22.9 Å². The minimum atomic E-state index is -0.468. The SMILES string of the molecule is NC(=O)c1ccc(N)[n+](-c2ccccc2)c1. The number of carbonyl (C=O) groups excluding carboxylic acids is 1. The van der Waals surface area contributed by atoms with E-state index in [4.69, 9.17) is 11.5 Å². The Bertz CT molecular complexity index is 523. The number of benzene rings is 1. The van der Waals surface area contributed by atoms with Crippen molar-refractivity contribution in [1.29, 1.82) is 0 Å². The average Bonchev–Trinajstić information content (AvgIpc) is 2.30. The summed E-state index contributed by atoms with van der Waals surface area (Å²) in [6.45, 7) is 0. The lowest BCUT2D eigenvalue weighted by atomic mass is 10.2. The summed E-state index contributed by atoms with van der Waals surface area (Å²) < 4.78 is 1.72. The normalized spacial score (nSPS) is 10.0. The molecule has 4 N–H and O–H groups in total. The molecular weight excluding hydrogens is 202 g/mol. The predicted molar refractivity (Wildman–Crippen MR) is 60.9 cm³/mol. The van der Waals surface area contributed by atoms with Gasteiger partial charge in [-0.15, -0.1) is 0 Å². The van der Waals surface area contributed by atoms with Gasteiger partial charge < -0.3 is 5.73 Å². The van der Waals surface area contributed by atoms with Crippen molar-refractivity contribution < 1.29 is 9.36 Å². The third-order valence-corrected chi connectivity index (χ3v) is 2.30. The van der Waals surface area contributed by atoms with Crippen LogP contribution in [0.4, 0.5) is 5.82 Å². The fourth-order valence-electron chi connectivity index (χ4n) is 1.47. The zero-order valence-corrected chi connectivity index (χ0v) is 8.63. The Morgan fingerprint density at radius 3 is 2.38 bits per heavy atom. The van der Waals surface area contributed by atoms with Gasteiger partial charge >= 0.3 is 0 Å². The number of carbonyl (C=O) groups is 1. The maximum absolute atomic E-state index is 11.1. The van der Waals surface area contributed by atoms with Crippen molar-refractivity contribution in [3.63, 3.8) is 0 Å². The van der Waals surface area contributed by atoms with Crippen molar-refractivity contribution >= 4 is 11.7 Å². The van der Waals surface area contributed by atoms with Gasteiger partial charge in [-0.1, -0.05) is 18.2 Å². The van der Waals surface area contributed by atoms with Crippen molar-refractivity contribution in [2.45, 2.75) is 0 Å². The maximum atomic E-state index is 11.1. The number of nitrogen functional groups attached to an aromatic ring is 1. The van der Waals surface area contributed by atoms with E-state index in [9.17, 15) is 4.79 Å². The topological polar surface area (TPSA) is 73.0 Å². The molecule has 0 fully saturated rings. The summed E-state index contributed by atoms with van der Waals surface area (Å²) in [6.07, 6.45) is 1.63. The highest BCUT2D eigenvalue weighted by molar-refractivity contribution is 5.92. The summed E-state index contributed by atoms with van der Waals surface area (Å²) in [4.78, 5) is 11.1. The van der Waals surface area contributed by atoms with Gasteiger partial charge in [0.25, 0.3) is 11.7 Å². The molecule has 2 rings (SSSR count). The highest BCUT2D eigenvalue weighted by Gasteiger charge is 2.10. The van der Waals surface area contributed by atoms with Gasteiger partial charge in [-0.2, -0.15) is 4.57 Å². The fraction of sp³-hybridized carbons (Fsp3) is 0. The van der Waals surface area contributed by atoms with Crippen LogP contribution in [0.5, 0.6) is 0 Å². The van der Waals surface area contributed by atoms with Crippen LogP contribution >= 0.6 is 0 Å². The van der Waals surface area contributed by atoms with E-state index in [0.29, 0.717) is 11.4 Å². The van der Waals surface area contributed by atoms with Crippen molar-refractivity contribution in [3.05, 3.63) is 54.2 Å². The van der Waals surface area contributed by atoms with Crippen molar-refractivity contribution in [3.8, 4) is 5.69 Å². The molecule has 0 saturated heterocycles. The molecule has 16 heavy (non-hydrogen) atoms. The van der Waals surface area contributed by atoms with E-state index in [-0.39, 0.29) is 0 Å². The third kappa shape index (κ3) is 1.86. The van der Waals surface area contributed by atoms with Gasteiger partial charge in [0.05, 0.1) is 5.56 Å². The number of primary amides is 1. The molecule has 1 aromatic heterocycles. The van der Waals surface area contributed by atoms with Gasteiger partial charge in [-0.25, -0.2) is 0 Å². The lowest BCUT2D eigenvalue weighted by Gasteiger charge is -2.03. The number of hydrogen-bond acceptors (Lipinski definition) is 2. The van der Waals surface area contributed by atoms with Crippen LogP contribution in [0.15, 0.2) is 48.7 Å². The van der Waals surface area contributed by atoms with E-state index in [1.807, 2.05) is 30.3 Å². The lowest BCUT2D eigenvalue weighted by Crippen LogP contribution is -2.35. The first-order chi connectivity index (χ1) is 7.68. The molecule has 4 heteroatoms. The molecular formula is C12H12N3O+. The Morgan fingerprint density at radius 2 is 1.75 bits per heavy atom. The molecule has 1 heterocycles. The Morgan fingerprint density at radius 1 is 1.06 bits per heavy atom. The van der Waals surface area contributed by atoms with E-state index in [1.165, 1.54) is 0 Å². The Balaban J connectivity index is 2.56. The first-order valence-electron chi connectivity index (χ1n) is 4.85. The van der Waals surface area contributed by atoms with Crippen LogP contribution in [0.3, 0.4) is 0 Å². The molecule has 0 radical (unpaired) electrons. The van der Waals surface area contributed by atoms with Crippen LogP contribution in [0.25, 0.3) is 5.69 Å². The zero-order valence-electron chi connectivity index (χ0n) is 8.63. The number of anilines is 1. The second-order valence-electron chi connectivity index (χ2n) is 3.41. The monoisotopic (exact) mass is 214 g/mol. The van der Waals surface area contributed by atoms with Crippen LogP contribution in [-0.4, -0.2) is 5.91 Å². The summed E-state index contributed by atoms with van der Waals surface area (Å²) in [5, 5.41) is 0. The standard InChI is InChI=1S/C12H11N3O/c13-11-7-6-9(12(14)16)8-15(11)10-4-2-1-3-5-10/h1-8,13H,(H2,14,16)/p+1. The molecule has 0 saturated carbocycles. The van der Waals surface area contributed by atoms with Gasteiger partial charge in [0.2, 0.25) is 0 Å². The van der Waals surface area contributed by atoms with Crippen LogP contribution in [0.1, 0.15) is 10.4 Å². The van der Waals surface area contributed by atoms with Crippen molar-refractivity contribution in [1.82, 2.24) is 0 Å². The molecule has 0 aliphatic heterocycles. The number of nitrogens with zero attached hydrogens (tertiary/aromatic N) is 1. The summed E-state index contributed by atoms with van der Waals surface area (Å²) >= 11 is 0. The number of hydrogen-bond donors (Lipinski definition) is 2. The molecule has 0 aliphatic carbocycles. The Labute approximate surface area is 93.1 Å². The van der Waals surface area contributed by atoms with E-state index in [2.05, 4.69) is 0 Å². The smallest absolute Gasteiger partial charge is 0.277 e. The molecule has 0 spiro atoms. The Kier molecular flexibility index (Phi) is 2.55. The van der Waals surface area contributed by atoms with Gasteiger partial charge in [-0.3, -0.25) is 10.5 Å². The number of nitrogens with two attached hydrogens (primary N) is 2. The number of rotatable bonds is 2. The predicted octanol–water partition coefficient (Wildman–Crippen LogP) is 0.644. The summed E-state index contributed by atoms with van der Waals surface area (Å²) in [5.41, 5.74) is 12.4. The van der Waals surface area contributed by atoms with Gasteiger partial charge in [0, 0.05) is 6.07 Å². The third-order valence-electron chi connectivity index (χ3n) is 2.30. The van der Waals surface area contributed by atoms with Gasteiger partial charge in [-0.05, 0) is 18.2 Å². The van der Waals surface area contributed by atoms with Gasteiger partial charge in [0.1, 0.15) is 11.9 Å². The highest BCUT2D eigenvalue weighted by atomic mass is 16.1. The fourth-order valence-corrected chi connectivity index (χ4v) is 1.47. The number of para-hydroxylation sites is 1. The maximum Gasteiger partial charge on any atom is 0.277 e. The Hall–Kier alpha value is -2.36. The summed E-state index contributed by atoms with van der Waals surface area (Å²) in [6, 6.07) is 12.8. The second-order valence-corrected chi connectivity index (χ2v) is 3.41. The molecule has 4 nitrogen and oxygen atoms in total. The summed E-state index contributed by atoms with van der Waals surface area (Å²) in [7, 11) is 0. The molecule has 80 valence electrons. The lowest BCUT2D eigenvalue weighted by molar-refractivity contribution is -0.580. The van der Waals surface area contributed by atoms with Crippen LogP contribution in [0.2, 0.25) is 0 Å². The van der Waals surface area contributed by atoms with E-state index >= 15 is 0 Å². The first kappa shape index (κ1) is 10.2. The molecule has 0 bridgehead atoms. The van der Waals surface area contributed by atoms with Crippen LogP contribution in [-0.2, 0) is 0 Å². The first-order valence-corrected chi connectivity index (χ1v) is 4.85. The molecule has 0 unspecified atom stereocenters. The highest BCUT2D eigenvalue weighted by Crippen LogP contribution is 2.04. The minimum absolute atomic E-state index is 0.429. The van der Waals surface area contributed by atoms with E-state index in [0.717, 1.165) is 5.69 Å². The van der Waals surface area contributed by atoms with E-state index < -0.39 is 5.91 Å². The number of pyridine rings is 1. The van der Waals surface area contributed by atoms with Crippen LogP contribution < -0.4 is 16.0 Å². The van der Waals surface area contributed by atoms with Crippen molar-refractivity contribution in [2.75, 3.05) is 5.73 Å². The molecule has 1 amide bonds. The zero-order chi connectivity index (χ0) is 11.5. The quantitative estimate of drug-likeness (QED) is 0.720. The van der Waals surface area contributed by atoms with Crippen LogP contribution in [0, 0.1) is 0 Å². The molecule has 2 aromatic rings. The summed E-state index contributed by atoms with van der Waals surface area (Å²) in [5.74, 6) is 0.0841. The number of aromatic nitrogens is 1. The molecule has 0 aliphatic rings. The molecule has 0 atom stereocenters. The minimum Gasteiger partial charge on any atom is -0.365 e.